The van der Waals surface area contributed by atoms with Gasteiger partial charge in [0.05, 0.1) is 17.5 Å². The van der Waals surface area contributed by atoms with Gasteiger partial charge >= 0.3 is 0 Å². The van der Waals surface area contributed by atoms with Crippen LogP contribution in [0.2, 0.25) is 0 Å². The molecule has 4 nitrogen and oxygen atoms in total. The van der Waals surface area contributed by atoms with Gasteiger partial charge in [0.2, 0.25) is 0 Å². The van der Waals surface area contributed by atoms with Crippen molar-refractivity contribution < 1.29 is 9.47 Å². The molecule has 0 atom stereocenters. The second kappa shape index (κ2) is 7.87. The molecular weight excluding hydrogens is 272 g/mol. The van der Waals surface area contributed by atoms with Crippen LogP contribution in [0.1, 0.15) is 23.8 Å². The molecule has 20 heavy (non-hydrogen) atoms. The minimum atomic E-state index is 0.540. The third-order valence-electron chi connectivity index (χ3n) is 2.87. The summed E-state index contributed by atoms with van der Waals surface area (Å²) in [6.07, 6.45) is 2.95. The number of nitrogens with zero attached hydrogens (tertiary/aromatic N) is 1. The number of hydrogen-bond donors (Lipinski definition) is 1. The molecule has 0 aliphatic rings. The zero-order chi connectivity index (χ0) is 14.2. The van der Waals surface area contributed by atoms with Crippen LogP contribution in [0, 0.1) is 0 Å². The predicted octanol–water partition coefficient (Wildman–Crippen LogP) is 3.23. The summed E-state index contributed by atoms with van der Waals surface area (Å²) in [6, 6.07) is 5.94. The summed E-state index contributed by atoms with van der Waals surface area (Å²) in [5.74, 6) is 1.67. The first-order valence-electron chi connectivity index (χ1n) is 6.71. The van der Waals surface area contributed by atoms with Crippen molar-refractivity contribution >= 4 is 11.3 Å². The zero-order valence-electron chi connectivity index (χ0n) is 11.9. The molecule has 0 amide bonds. The fourth-order valence-electron chi connectivity index (χ4n) is 1.80. The van der Waals surface area contributed by atoms with Gasteiger partial charge < -0.3 is 14.8 Å². The third kappa shape index (κ3) is 4.21. The van der Waals surface area contributed by atoms with E-state index in [4.69, 9.17) is 9.47 Å². The molecule has 0 aliphatic heterocycles. The van der Waals surface area contributed by atoms with E-state index >= 15 is 0 Å². The lowest BCUT2D eigenvalue weighted by atomic mass is 10.2. The number of aromatic nitrogens is 1. The lowest BCUT2D eigenvalue weighted by molar-refractivity contribution is 0.302. The van der Waals surface area contributed by atoms with Crippen molar-refractivity contribution in [3.63, 3.8) is 0 Å². The summed E-state index contributed by atoms with van der Waals surface area (Å²) in [5, 5.41) is 3.39. The molecule has 1 heterocycles. The highest BCUT2D eigenvalue weighted by atomic mass is 32.1. The minimum Gasteiger partial charge on any atom is -0.497 e. The van der Waals surface area contributed by atoms with Crippen molar-refractivity contribution in [2.75, 3.05) is 13.7 Å². The van der Waals surface area contributed by atoms with E-state index in [1.54, 1.807) is 18.4 Å². The van der Waals surface area contributed by atoms with Crippen molar-refractivity contribution in [1.82, 2.24) is 10.3 Å². The highest BCUT2D eigenvalue weighted by molar-refractivity contribution is 7.09. The summed E-state index contributed by atoms with van der Waals surface area (Å²) >= 11 is 1.60. The molecular formula is C15H20N2O2S. The summed E-state index contributed by atoms with van der Waals surface area (Å²) in [5.41, 5.74) is 2.96. The maximum Gasteiger partial charge on any atom is 0.128 e. The number of benzene rings is 1. The van der Waals surface area contributed by atoms with E-state index in [0.717, 1.165) is 41.4 Å². The highest BCUT2D eigenvalue weighted by Crippen LogP contribution is 2.26. The highest BCUT2D eigenvalue weighted by Gasteiger charge is 2.07. The van der Waals surface area contributed by atoms with Crippen LogP contribution in [-0.4, -0.2) is 18.6 Å². The van der Waals surface area contributed by atoms with Gasteiger partial charge in [0.1, 0.15) is 18.1 Å². The number of nitrogens with one attached hydrogen (secondary N) is 1. The van der Waals surface area contributed by atoms with Crippen molar-refractivity contribution in [3.05, 3.63) is 40.3 Å². The Morgan fingerprint density at radius 3 is 2.95 bits per heavy atom. The molecule has 5 heteroatoms. The lowest BCUT2D eigenvalue weighted by Crippen LogP contribution is -2.14. The van der Waals surface area contributed by atoms with Crippen LogP contribution in [0.3, 0.4) is 0 Å². The maximum atomic E-state index is 5.91. The predicted molar refractivity (Wildman–Crippen MR) is 81.4 cm³/mol. The van der Waals surface area contributed by atoms with Crippen LogP contribution in [0.25, 0.3) is 0 Å². The van der Waals surface area contributed by atoms with Gasteiger partial charge in [-0.05, 0) is 19.0 Å². The summed E-state index contributed by atoms with van der Waals surface area (Å²) < 4.78 is 11.2. The van der Waals surface area contributed by atoms with E-state index in [9.17, 15) is 0 Å². The van der Waals surface area contributed by atoms with E-state index < -0.39 is 0 Å². The van der Waals surface area contributed by atoms with Crippen molar-refractivity contribution in [2.45, 2.75) is 26.5 Å². The Bertz CT molecular complexity index is 515. The Morgan fingerprint density at radius 1 is 1.35 bits per heavy atom. The van der Waals surface area contributed by atoms with E-state index in [1.807, 2.05) is 29.9 Å². The van der Waals surface area contributed by atoms with Gasteiger partial charge in [-0.2, -0.15) is 0 Å². The smallest absolute Gasteiger partial charge is 0.128 e. The molecule has 0 fully saturated rings. The molecule has 0 spiro atoms. The Morgan fingerprint density at radius 2 is 2.25 bits per heavy atom. The van der Waals surface area contributed by atoms with Gasteiger partial charge in [0.25, 0.3) is 0 Å². The van der Waals surface area contributed by atoms with Crippen LogP contribution in [0.4, 0.5) is 0 Å². The van der Waals surface area contributed by atoms with Crippen molar-refractivity contribution in [3.8, 4) is 11.5 Å². The molecule has 0 aliphatic carbocycles. The molecule has 1 aromatic carbocycles. The van der Waals surface area contributed by atoms with Crippen LogP contribution in [0.15, 0.2) is 29.9 Å². The molecule has 1 N–H and O–H groups in total. The van der Waals surface area contributed by atoms with Crippen molar-refractivity contribution in [2.24, 2.45) is 0 Å². The zero-order valence-corrected chi connectivity index (χ0v) is 12.7. The lowest BCUT2D eigenvalue weighted by Gasteiger charge is -2.13. The van der Waals surface area contributed by atoms with Crippen LogP contribution < -0.4 is 14.8 Å². The van der Waals surface area contributed by atoms with Gasteiger partial charge in [0.15, 0.2) is 0 Å². The van der Waals surface area contributed by atoms with E-state index in [-0.39, 0.29) is 0 Å². The number of rotatable bonds is 8. The van der Waals surface area contributed by atoms with Crippen LogP contribution in [-0.2, 0) is 13.2 Å². The second-order valence-electron chi connectivity index (χ2n) is 4.41. The normalized spacial score (nSPS) is 10.5. The van der Waals surface area contributed by atoms with Crippen LogP contribution >= 0.6 is 11.3 Å². The number of methoxy groups -OCH3 is 1. The van der Waals surface area contributed by atoms with Gasteiger partial charge in [-0.25, -0.2) is 0 Å². The van der Waals surface area contributed by atoms with Gasteiger partial charge in [0, 0.05) is 24.4 Å². The quantitative estimate of drug-likeness (QED) is 0.759. The monoisotopic (exact) mass is 292 g/mol. The Labute approximate surface area is 123 Å². The number of ether oxygens (including phenoxy) is 2. The third-order valence-corrected chi connectivity index (χ3v) is 3.62. The molecule has 0 radical (unpaired) electrons. The molecule has 2 aromatic rings. The van der Waals surface area contributed by atoms with Crippen LogP contribution in [0.5, 0.6) is 11.5 Å². The topological polar surface area (TPSA) is 43.4 Å². The summed E-state index contributed by atoms with van der Waals surface area (Å²) in [7, 11) is 1.66. The Balaban J connectivity index is 2.05. The Hall–Kier alpha value is -1.59. The first kappa shape index (κ1) is 14.8. The first-order chi connectivity index (χ1) is 9.83. The van der Waals surface area contributed by atoms with Gasteiger partial charge in [-0.3, -0.25) is 4.98 Å². The Kier molecular flexibility index (Phi) is 5.83. The largest absolute Gasteiger partial charge is 0.497 e. The number of hydrogen-bond acceptors (Lipinski definition) is 5. The fraction of sp³-hybridized carbons (Fsp3) is 0.400. The molecule has 0 saturated heterocycles. The molecule has 0 bridgehead atoms. The minimum absolute atomic E-state index is 0.540. The van der Waals surface area contributed by atoms with E-state index in [1.165, 1.54) is 0 Å². The summed E-state index contributed by atoms with van der Waals surface area (Å²) in [6.45, 7) is 4.50. The van der Waals surface area contributed by atoms with Crippen molar-refractivity contribution in [1.29, 1.82) is 0 Å². The first-order valence-corrected chi connectivity index (χ1v) is 7.59. The molecule has 0 saturated carbocycles. The van der Waals surface area contributed by atoms with E-state index in [0.29, 0.717) is 6.61 Å². The van der Waals surface area contributed by atoms with Gasteiger partial charge in [-0.1, -0.05) is 13.0 Å². The fourth-order valence-corrected chi connectivity index (χ4v) is 2.31. The SMILES string of the molecule is CCCNCc1ccc(OC)cc1OCc1cncs1. The molecule has 0 unspecified atom stereocenters. The average Bonchev–Trinajstić information content (AvgIpc) is 2.99. The summed E-state index contributed by atoms with van der Waals surface area (Å²) in [4.78, 5) is 5.16. The maximum absolute atomic E-state index is 5.91. The average molecular weight is 292 g/mol. The second-order valence-corrected chi connectivity index (χ2v) is 5.38. The molecule has 1 aromatic heterocycles. The van der Waals surface area contributed by atoms with Gasteiger partial charge in [-0.15, -0.1) is 11.3 Å². The molecule has 2 rings (SSSR count). The van der Waals surface area contributed by atoms with E-state index in [2.05, 4.69) is 17.2 Å². The number of thiazole rings is 1. The molecule has 108 valence electrons. The standard InChI is InChI=1S/C15H20N2O2S/c1-3-6-16-8-12-4-5-13(18-2)7-15(12)19-10-14-9-17-11-20-14/h4-5,7,9,11,16H,3,6,8,10H2,1-2H3.